The molecule has 0 radical (unpaired) electrons. The van der Waals surface area contributed by atoms with Crippen molar-refractivity contribution in [3.63, 3.8) is 0 Å². The monoisotopic (exact) mass is 552 g/mol. The standard InChI is InChI=1S/C30H29FN8O2/c1-30(41,22-2-4-24(31)5-3-22)23-14-32-28(33-15-23)19-8-10-37(11-9-19)29-26-12-20(16-39(26)36-18-34-29)21-13-35-38(17-21)25-6-7-27(25)40/h2-5,8,12-18,25,27,40-41H,6-7,9-11H2,1H3/t25-,27-,30-/m0/s1. The summed E-state index contributed by atoms with van der Waals surface area (Å²) in [5, 5.41) is 30.0. The van der Waals surface area contributed by atoms with Gasteiger partial charge in [0, 0.05) is 54.6 Å². The highest BCUT2D eigenvalue weighted by Crippen LogP contribution is 2.34. The van der Waals surface area contributed by atoms with Crippen LogP contribution in [0, 0.1) is 5.82 Å². The number of rotatable bonds is 6. The highest BCUT2D eigenvalue weighted by atomic mass is 19.1. The Morgan fingerprint density at radius 1 is 0.951 bits per heavy atom. The van der Waals surface area contributed by atoms with Gasteiger partial charge in [-0.25, -0.2) is 23.9 Å². The van der Waals surface area contributed by atoms with Crippen LogP contribution in [-0.4, -0.2) is 63.8 Å². The Labute approximate surface area is 235 Å². The number of benzene rings is 1. The van der Waals surface area contributed by atoms with Crippen LogP contribution in [0.5, 0.6) is 0 Å². The minimum Gasteiger partial charge on any atom is -0.391 e. The molecule has 7 rings (SSSR count). The number of aliphatic hydroxyl groups excluding tert-OH is 1. The number of aromatic nitrogens is 7. The lowest BCUT2D eigenvalue weighted by Crippen LogP contribution is -2.33. The molecule has 208 valence electrons. The van der Waals surface area contributed by atoms with Crippen LogP contribution < -0.4 is 4.90 Å². The predicted octanol–water partition coefficient (Wildman–Crippen LogP) is 3.77. The Balaban J connectivity index is 1.09. The second-order valence-corrected chi connectivity index (χ2v) is 10.9. The molecule has 2 aliphatic rings. The average Bonchev–Trinajstić information content (AvgIpc) is 3.64. The van der Waals surface area contributed by atoms with Crippen LogP contribution in [0.15, 0.2) is 73.7 Å². The fraction of sp³-hybridized carbons (Fsp3) is 0.300. The van der Waals surface area contributed by atoms with E-state index in [0.717, 1.165) is 53.8 Å². The predicted molar refractivity (Wildman–Crippen MR) is 150 cm³/mol. The van der Waals surface area contributed by atoms with Crippen molar-refractivity contribution in [3.8, 4) is 11.1 Å². The molecule has 2 N–H and O–H groups in total. The third-order valence-corrected chi connectivity index (χ3v) is 8.28. The van der Waals surface area contributed by atoms with Crippen LogP contribution in [0.3, 0.4) is 0 Å². The highest BCUT2D eigenvalue weighted by molar-refractivity contribution is 5.78. The third-order valence-electron chi connectivity index (χ3n) is 8.28. The van der Waals surface area contributed by atoms with Gasteiger partial charge in [0.1, 0.15) is 23.3 Å². The summed E-state index contributed by atoms with van der Waals surface area (Å²) >= 11 is 0. The van der Waals surface area contributed by atoms with E-state index in [-0.39, 0.29) is 18.0 Å². The Kier molecular flexibility index (Phi) is 6.13. The maximum atomic E-state index is 13.3. The van der Waals surface area contributed by atoms with Gasteiger partial charge in [-0.1, -0.05) is 18.2 Å². The zero-order valence-electron chi connectivity index (χ0n) is 22.5. The van der Waals surface area contributed by atoms with E-state index >= 15 is 0 Å². The quantitative estimate of drug-likeness (QED) is 0.327. The fourth-order valence-corrected chi connectivity index (χ4v) is 5.51. The molecule has 0 spiro atoms. The summed E-state index contributed by atoms with van der Waals surface area (Å²) in [5.41, 5.74) is 3.66. The molecule has 4 aromatic heterocycles. The van der Waals surface area contributed by atoms with Crippen LogP contribution in [0.2, 0.25) is 0 Å². The maximum Gasteiger partial charge on any atom is 0.156 e. The van der Waals surface area contributed by atoms with Crippen LogP contribution in [0.25, 0.3) is 22.2 Å². The second kappa shape index (κ2) is 9.86. The topological polar surface area (TPSA) is 117 Å². The lowest BCUT2D eigenvalue weighted by atomic mass is 9.89. The molecule has 1 aromatic carbocycles. The number of halogens is 1. The molecule has 3 atom stereocenters. The normalized spacial score (nSPS) is 20.5. The SMILES string of the molecule is C[C@](O)(c1ccc(F)cc1)c1cnc(C2=CCN(c3ncnn4cc(-c5cnn([C@H]6CC[C@@H]6O)c5)cc34)CC2)nc1. The largest absolute Gasteiger partial charge is 0.391 e. The number of hydrogen-bond donors (Lipinski definition) is 2. The van der Waals surface area contributed by atoms with Gasteiger partial charge in [0.15, 0.2) is 11.6 Å². The number of hydrogen-bond acceptors (Lipinski definition) is 8. The van der Waals surface area contributed by atoms with Crippen molar-refractivity contribution in [2.75, 3.05) is 18.0 Å². The molecular weight excluding hydrogens is 523 g/mol. The maximum absolute atomic E-state index is 13.3. The van der Waals surface area contributed by atoms with Crippen molar-refractivity contribution in [2.24, 2.45) is 0 Å². The van der Waals surface area contributed by atoms with Crippen LogP contribution in [0.1, 0.15) is 49.2 Å². The van der Waals surface area contributed by atoms with Crippen molar-refractivity contribution in [2.45, 2.75) is 43.9 Å². The van der Waals surface area contributed by atoms with Gasteiger partial charge in [-0.2, -0.15) is 10.2 Å². The molecule has 1 fully saturated rings. The molecular formula is C30H29FN8O2. The van der Waals surface area contributed by atoms with Crippen molar-refractivity contribution < 1.29 is 14.6 Å². The van der Waals surface area contributed by atoms with Crippen LogP contribution in [0.4, 0.5) is 10.2 Å². The second-order valence-electron chi connectivity index (χ2n) is 10.9. The summed E-state index contributed by atoms with van der Waals surface area (Å²) in [6, 6.07) is 7.90. The molecule has 0 bridgehead atoms. The van der Waals surface area contributed by atoms with Gasteiger partial charge in [0.25, 0.3) is 0 Å². The molecule has 1 aliphatic carbocycles. The van der Waals surface area contributed by atoms with Gasteiger partial charge in [-0.05, 0) is 55.5 Å². The van der Waals surface area contributed by atoms with E-state index in [1.54, 1.807) is 37.8 Å². The van der Waals surface area contributed by atoms with Gasteiger partial charge in [-0.3, -0.25) is 4.68 Å². The number of fused-ring (bicyclic) bond motifs is 1. The molecule has 5 aromatic rings. The van der Waals surface area contributed by atoms with Crippen molar-refractivity contribution >= 4 is 16.9 Å². The van der Waals surface area contributed by atoms with E-state index in [1.807, 2.05) is 27.8 Å². The van der Waals surface area contributed by atoms with E-state index in [2.05, 4.69) is 42.2 Å². The van der Waals surface area contributed by atoms with E-state index in [1.165, 1.54) is 12.1 Å². The Morgan fingerprint density at radius 3 is 2.44 bits per heavy atom. The van der Waals surface area contributed by atoms with Gasteiger partial charge < -0.3 is 15.1 Å². The first-order chi connectivity index (χ1) is 19.9. The first-order valence-corrected chi connectivity index (χ1v) is 13.7. The Bertz CT molecular complexity index is 1740. The smallest absolute Gasteiger partial charge is 0.156 e. The van der Waals surface area contributed by atoms with Crippen molar-refractivity contribution in [1.29, 1.82) is 0 Å². The molecule has 5 heterocycles. The highest BCUT2D eigenvalue weighted by Gasteiger charge is 2.31. The lowest BCUT2D eigenvalue weighted by Gasteiger charge is -2.32. The molecule has 1 aliphatic heterocycles. The van der Waals surface area contributed by atoms with Crippen LogP contribution in [-0.2, 0) is 5.60 Å². The zero-order chi connectivity index (χ0) is 28.1. The van der Waals surface area contributed by atoms with E-state index in [4.69, 9.17) is 0 Å². The Morgan fingerprint density at radius 2 is 1.76 bits per heavy atom. The summed E-state index contributed by atoms with van der Waals surface area (Å²) in [7, 11) is 0. The minimum atomic E-state index is -1.34. The molecule has 1 saturated carbocycles. The summed E-state index contributed by atoms with van der Waals surface area (Å²) in [5.74, 6) is 1.11. The molecule has 0 unspecified atom stereocenters. The number of nitrogens with zero attached hydrogens (tertiary/aromatic N) is 8. The summed E-state index contributed by atoms with van der Waals surface area (Å²) in [6.07, 6.45) is 14.9. The molecule has 11 heteroatoms. The zero-order valence-corrected chi connectivity index (χ0v) is 22.5. The van der Waals surface area contributed by atoms with Gasteiger partial charge >= 0.3 is 0 Å². The fourth-order valence-electron chi connectivity index (χ4n) is 5.51. The average molecular weight is 553 g/mol. The Hall–Kier alpha value is -4.48. The summed E-state index contributed by atoms with van der Waals surface area (Å²) in [4.78, 5) is 15.9. The first-order valence-electron chi connectivity index (χ1n) is 13.7. The van der Waals surface area contributed by atoms with Gasteiger partial charge in [0.05, 0.1) is 18.3 Å². The molecule has 41 heavy (non-hydrogen) atoms. The van der Waals surface area contributed by atoms with Gasteiger partial charge in [0.2, 0.25) is 0 Å². The first kappa shape index (κ1) is 25.5. The van der Waals surface area contributed by atoms with Gasteiger partial charge in [-0.15, -0.1) is 0 Å². The molecule has 0 amide bonds. The molecule has 10 nitrogen and oxygen atoms in total. The minimum absolute atomic E-state index is 0.0496. The summed E-state index contributed by atoms with van der Waals surface area (Å²) in [6.45, 7) is 3.02. The number of anilines is 1. The number of aliphatic hydroxyl groups is 2. The summed E-state index contributed by atoms with van der Waals surface area (Å²) < 4.78 is 17.0. The third kappa shape index (κ3) is 4.56. The van der Waals surface area contributed by atoms with E-state index < -0.39 is 5.60 Å². The molecule has 0 saturated heterocycles. The van der Waals surface area contributed by atoms with Crippen molar-refractivity contribution in [3.05, 3.63) is 96.5 Å². The van der Waals surface area contributed by atoms with Crippen LogP contribution >= 0.6 is 0 Å². The lowest BCUT2D eigenvalue weighted by molar-refractivity contribution is 0.0254. The van der Waals surface area contributed by atoms with Crippen molar-refractivity contribution in [1.82, 2.24) is 34.3 Å². The van der Waals surface area contributed by atoms with E-state index in [0.29, 0.717) is 23.5 Å². The van der Waals surface area contributed by atoms with E-state index in [9.17, 15) is 14.6 Å².